The number of carbonyl (C=O) groups is 1. The number of carboxylic acid groups (broad SMARTS) is 1. The van der Waals surface area contributed by atoms with E-state index >= 15 is 0 Å². The molecule has 1 aromatic carbocycles. The number of aromatic nitrogens is 1. The maximum Gasteiger partial charge on any atom is 0.307 e. The molecule has 1 heterocycles. The Kier molecular flexibility index (Phi) is 3.40. The minimum absolute atomic E-state index is 0.119. The Hall–Kier alpha value is -1.87. The summed E-state index contributed by atoms with van der Waals surface area (Å²) < 4.78 is 0. The van der Waals surface area contributed by atoms with Crippen LogP contribution in [0.25, 0.3) is 11.1 Å². The molecule has 3 nitrogen and oxygen atoms in total. The number of pyridine rings is 1. The Balaban J connectivity index is 2.41. The number of nitrogens with zero attached hydrogens (tertiary/aromatic N) is 1. The van der Waals surface area contributed by atoms with E-state index in [0.717, 1.165) is 11.1 Å². The molecule has 2 rings (SSSR count). The summed E-state index contributed by atoms with van der Waals surface area (Å²) in [4.78, 5) is 14.7. The van der Waals surface area contributed by atoms with Gasteiger partial charge in [-0.15, -0.1) is 0 Å². The van der Waals surface area contributed by atoms with Gasteiger partial charge in [0.25, 0.3) is 0 Å². The normalized spacial score (nSPS) is 10.2. The molecule has 4 heteroatoms. The molecule has 0 unspecified atom stereocenters. The van der Waals surface area contributed by atoms with Crippen LogP contribution in [0.15, 0.2) is 42.6 Å². The van der Waals surface area contributed by atoms with Crippen molar-refractivity contribution in [1.29, 1.82) is 0 Å². The quantitative estimate of drug-likeness (QED) is 0.849. The van der Waals surface area contributed by atoms with Crippen LogP contribution in [0, 0.1) is 0 Å². The number of rotatable bonds is 3. The Morgan fingerprint density at radius 2 is 1.94 bits per heavy atom. The lowest BCUT2D eigenvalue weighted by Crippen LogP contribution is -2.01. The van der Waals surface area contributed by atoms with Crippen LogP contribution in [0.1, 0.15) is 5.56 Å². The predicted octanol–water partition coefficient (Wildman–Crippen LogP) is 3.03. The number of hydrogen-bond donors (Lipinski definition) is 1. The fraction of sp³-hybridized carbons (Fsp3) is 0.0769. The van der Waals surface area contributed by atoms with Gasteiger partial charge in [0.2, 0.25) is 0 Å². The molecule has 0 aliphatic carbocycles. The van der Waals surface area contributed by atoms with Crippen molar-refractivity contribution >= 4 is 17.6 Å². The van der Waals surface area contributed by atoms with Crippen molar-refractivity contribution in [2.75, 3.05) is 0 Å². The highest BCUT2D eigenvalue weighted by Gasteiger charge is 2.08. The molecule has 17 heavy (non-hydrogen) atoms. The smallest absolute Gasteiger partial charge is 0.307 e. The van der Waals surface area contributed by atoms with Crippen molar-refractivity contribution in [2.24, 2.45) is 0 Å². The number of halogens is 1. The molecule has 0 atom stereocenters. The largest absolute Gasteiger partial charge is 0.481 e. The van der Waals surface area contributed by atoms with E-state index in [1.807, 2.05) is 30.3 Å². The van der Waals surface area contributed by atoms with E-state index in [1.165, 1.54) is 0 Å². The Bertz CT molecular complexity index is 540. The summed E-state index contributed by atoms with van der Waals surface area (Å²) in [6, 6.07) is 11.4. The van der Waals surface area contributed by atoms with Crippen LogP contribution in [0.5, 0.6) is 0 Å². The van der Waals surface area contributed by atoms with Gasteiger partial charge in [-0.05, 0) is 11.6 Å². The van der Waals surface area contributed by atoms with Gasteiger partial charge in [0.05, 0.1) is 6.42 Å². The van der Waals surface area contributed by atoms with E-state index in [1.54, 1.807) is 12.3 Å². The summed E-state index contributed by atoms with van der Waals surface area (Å²) in [6.07, 6.45) is 1.52. The van der Waals surface area contributed by atoms with Crippen molar-refractivity contribution < 1.29 is 9.90 Å². The third-order valence-corrected chi connectivity index (χ3v) is 2.70. The zero-order valence-electron chi connectivity index (χ0n) is 8.93. The highest BCUT2D eigenvalue weighted by molar-refractivity contribution is 6.30. The zero-order chi connectivity index (χ0) is 12.3. The molecule has 0 aliphatic rings. The summed E-state index contributed by atoms with van der Waals surface area (Å²) in [6.45, 7) is 0. The number of hydrogen-bond acceptors (Lipinski definition) is 2. The molecule has 86 valence electrons. The van der Waals surface area contributed by atoms with E-state index in [9.17, 15) is 4.79 Å². The SMILES string of the molecule is O=C(O)Cc1cc(-c2ccccc2)cnc1Cl. The fourth-order valence-corrected chi connectivity index (χ4v) is 1.74. The third kappa shape index (κ3) is 2.82. The first-order valence-electron chi connectivity index (χ1n) is 5.08. The van der Waals surface area contributed by atoms with Gasteiger partial charge in [0.1, 0.15) is 5.15 Å². The highest BCUT2D eigenvalue weighted by Crippen LogP contribution is 2.23. The lowest BCUT2D eigenvalue weighted by Gasteiger charge is -2.05. The number of aliphatic carboxylic acids is 1. The summed E-state index contributed by atoms with van der Waals surface area (Å²) in [5.41, 5.74) is 2.38. The molecule has 2 aromatic rings. The molecule has 1 aromatic heterocycles. The molecular formula is C13H10ClNO2. The van der Waals surface area contributed by atoms with Crippen LogP contribution in [-0.4, -0.2) is 16.1 Å². The molecule has 0 saturated heterocycles. The second-order valence-corrected chi connectivity index (χ2v) is 3.97. The number of benzene rings is 1. The van der Waals surface area contributed by atoms with Crippen LogP contribution < -0.4 is 0 Å². The van der Waals surface area contributed by atoms with Gasteiger partial charge in [-0.25, -0.2) is 4.98 Å². The Morgan fingerprint density at radius 3 is 2.59 bits per heavy atom. The minimum Gasteiger partial charge on any atom is -0.481 e. The summed E-state index contributed by atoms with van der Waals surface area (Å²) in [5, 5.41) is 9.01. The molecule has 0 saturated carbocycles. The van der Waals surface area contributed by atoms with Crippen molar-refractivity contribution in [2.45, 2.75) is 6.42 Å². The average Bonchev–Trinajstić information content (AvgIpc) is 2.32. The third-order valence-electron chi connectivity index (χ3n) is 2.36. The maximum atomic E-state index is 10.7. The molecule has 0 spiro atoms. The van der Waals surface area contributed by atoms with Gasteiger partial charge in [-0.1, -0.05) is 41.9 Å². The molecule has 0 bridgehead atoms. The standard InChI is InChI=1S/C13H10ClNO2/c14-13-10(7-12(16)17)6-11(8-15-13)9-4-2-1-3-5-9/h1-6,8H,7H2,(H,16,17). The number of carboxylic acids is 1. The van der Waals surface area contributed by atoms with Crippen molar-refractivity contribution in [1.82, 2.24) is 4.98 Å². The van der Waals surface area contributed by atoms with Gasteiger partial charge in [0, 0.05) is 17.3 Å². The van der Waals surface area contributed by atoms with E-state index in [0.29, 0.717) is 5.56 Å². The molecular weight excluding hydrogens is 238 g/mol. The minimum atomic E-state index is -0.918. The van der Waals surface area contributed by atoms with E-state index in [4.69, 9.17) is 16.7 Å². The van der Waals surface area contributed by atoms with Crippen molar-refractivity contribution in [3.05, 3.63) is 53.3 Å². The van der Waals surface area contributed by atoms with Crippen molar-refractivity contribution in [3.63, 3.8) is 0 Å². The van der Waals surface area contributed by atoms with Crippen LogP contribution in [0.4, 0.5) is 0 Å². The van der Waals surface area contributed by atoms with E-state index < -0.39 is 5.97 Å². The van der Waals surface area contributed by atoms with Gasteiger partial charge in [-0.3, -0.25) is 4.79 Å². The van der Waals surface area contributed by atoms with Crippen LogP contribution in [-0.2, 0) is 11.2 Å². The Morgan fingerprint density at radius 1 is 1.24 bits per heavy atom. The lowest BCUT2D eigenvalue weighted by atomic mass is 10.1. The summed E-state index contributed by atoms with van der Waals surface area (Å²) in [7, 11) is 0. The second-order valence-electron chi connectivity index (χ2n) is 3.61. The van der Waals surface area contributed by atoms with Gasteiger partial charge >= 0.3 is 5.97 Å². The predicted molar refractivity (Wildman–Crippen MR) is 66.0 cm³/mol. The summed E-state index contributed by atoms with van der Waals surface area (Å²) >= 11 is 5.85. The molecule has 0 amide bonds. The van der Waals surface area contributed by atoms with Gasteiger partial charge in [-0.2, -0.15) is 0 Å². The van der Waals surface area contributed by atoms with Crippen LogP contribution >= 0.6 is 11.6 Å². The van der Waals surface area contributed by atoms with Crippen LogP contribution in [0.3, 0.4) is 0 Å². The van der Waals surface area contributed by atoms with E-state index in [2.05, 4.69) is 4.98 Å². The summed E-state index contributed by atoms with van der Waals surface area (Å²) in [5.74, 6) is -0.918. The molecule has 0 radical (unpaired) electrons. The second kappa shape index (κ2) is 4.97. The molecule has 0 aliphatic heterocycles. The van der Waals surface area contributed by atoms with Gasteiger partial charge < -0.3 is 5.11 Å². The molecule has 0 fully saturated rings. The van der Waals surface area contributed by atoms with Gasteiger partial charge in [0.15, 0.2) is 0 Å². The monoisotopic (exact) mass is 247 g/mol. The first-order chi connectivity index (χ1) is 8.16. The lowest BCUT2D eigenvalue weighted by molar-refractivity contribution is -0.136. The maximum absolute atomic E-state index is 10.7. The first kappa shape index (κ1) is 11.6. The molecule has 1 N–H and O–H groups in total. The van der Waals surface area contributed by atoms with Crippen LogP contribution in [0.2, 0.25) is 5.15 Å². The Labute approximate surface area is 104 Å². The highest BCUT2D eigenvalue weighted by atomic mass is 35.5. The fourth-order valence-electron chi connectivity index (χ4n) is 1.57. The van der Waals surface area contributed by atoms with E-state index in [-0.39, 0.29) is 11.6 Å². The topological polar surface area (TPSA) is 50.2 Å². The average molecular weight is 248 g/mol. The van der Waals surface area contributed by atoms with Crippen molar-refractivity contribution in [3.8, 4) is 11.1 Å². The first-order valence-corrected chi connectivity index (χ1v) is 5.46. The zero-order valence-corrected chi connectivity index (χ0v) is 9.69.